The Labute approximate surface area is 208 Å². The first-order valence-corrected chi connectivity index (χ1v) is 12.5. The molecule has 0 aliphatic heterocycles. The van der Waals surface area contributed by atoms with Crippen LogP contribution >= 0.6 is 11.8 Å². The second kappa shape index (κ2) is 10.2. The van der Waals surface area contributed by atoms with Crippen LogP contribution < -0.4 is 5.32 Å². The van der Waals surface area contributed by atoms with Crippen LogP contribution in [0.5, 0.6) is 0 Å². The van der Waals surface area contributed by atoms with Crippen LogP contribution in [0.15, 0.2) is 88.6 Å². The number of hydrogen-bond donors (Lipinski definition) is 1. The molecule has 0 aliphatic carbocycles. The Kier molecular flexibility index (Phi) is 6.68. The molecule has 0 radical (unpaired) electrons. The largest absolute Gasteiger partial charge is 0.467 e. The molecule has 3 aromatic carbocycles. The predicted molar refractivity (Wildman–Crippen MR) is 139 cm³/mol. The number of rotatable bonds is 8. The second-order valence-corrected chi connectivity index (χ2v) is 9.43. The lowest BCUT2D eigenvalue weighted by Gasteiger charge is -2.14. The van der Waals surface area contributed by atoms with Crippen LogP contribution in [0.4, 0.5) is 0 Å². The van der Waals surface area contributed by atoms with Crippen molar-refractivity contribution in [2.24, 2.45) is 0 Å². The van der Waals surface area contributed by atoms with E-state index in [4.69, 9.17) is 4.42 Å². The van der Waals surface area contributed by atoms with E-state index in [0.29, 0.717) is 18.1 Å². The molecule has 0 fully saturated rings. The van der Waals surface area contributed by atoms with Crippen molar-refractivity contribution in [3.63, 3.8) is 0 Å². The lowest BCUT2D eigenvalue weighted by atomic mass is 10.0. The number of nitrogens with zero attached hydrogens (tertiary/aromatic N) is 3. The minimum atomic E-state index is -0.0859. The summed E-state index contributed by atoms with van der Waals surface area (Å²) >= 11 is 1.38. The van der Waals surface area contributed by atoms with Gasteiger partial charge in [-0.15, -0.1) is 10.2 Å². The summed E-state index contributed by atoms with van der Waals surface area (Å²) in [6.07, 6.45) is 2.23. The Bertz CT molecular complexity index is 1470. The normalized spacial score (nSPS) is 11.1. The zero-order valence-corrected chi connectivity index (χ0v) is 20.5. The number of carbonyl (C=O) groups excluding carboxylic acids is 1. The smallest absolute Gasteiger partial charge is 0.230 e. The molecule has 2 heterocycles. The third kappa shape index (κ3) is 5.15. The zero-order chi connectivity index (χ0) is 24.2. The summed E-state index contributed by atoms with van der Waals surface area (Å²) in [4.78, 5) is 12.5. The maximum atomic E-state index is 12.5. The number of nitrogens with one attached hydrogen (secondary N) is 1. The van der Waals surface area contributed by atoms with Crippen molar-refractivity contribution in [1.29, 1.82) is 0 Å². The summed E-state index contributed by atoms with van der Waals surface area (Å²) in [5.41, 5.74) is 4.54. The Morgan fingerprint density at radius 2 is 1.86 bits per heavy atom. The predicted octanol–water partition coefficient (Wildman–Crippen LogP) is 5.63. The minimum Gasteiger partial charge on any atom is -0.467 e. The molecule has 0 saturated carbocycles. The maximum Gasteiger partial charge on any atom is 0.230 e. The van der Waals surface area contributed by atoms with E-state index >= 15 is 0 Å². The van der Waals surface area contributed by atoms with Gasteiger partial charge in [0.2, 0.25) is 5.91 Å². The topological polar surface area (TPSA) is 73.0 Å². The van der Waals surface area contributed by atoms with Gasteiger partial charge in [-0.05, 0) is 53.9 Å². The highest BCUT2D eigenvalue weighted by molar-refractivity contribution is 7.99. The number of furan rings is 1. The van der Waals surface area contributed by atoms with Gasteiger partial charge in [0.05, 0.1) is 24.2 Å². The molecular formula is C28H26N4O2S. The van der Waals surface area contributed by atoms with E-state index in [1.54, 1.807) is 12.3 Å². The van der Waals surface area contributed by atoms with Crippen LogP contribution in [-0.2, 0) is 17.8 Å². The number of aryl methyl sites for hydroxylation is 2. The van der Waals surface area contributed by atoms with Gasteiger partial charge in [-0.1, -0.05) is 71.9 Å². The number of benzene rings is 3. The Morgan fingerprint density at radius 3 is 2.69 bits per heavy atom. The van der Waals surface area contributed by atoms with Gasteiger partial charge in [0.1, 0.15) is 11.6 Å². The van der Waals surface area contributed by atoms with Crippen LogP contribution in [0.1, 0.15) is 28.3 Å². The van der Waals surface area contributed by atoms with Crippen LogP contribution in [0, 0.1) is 13.8 Å². The molecule has 35 heavy (non-hydrogen) atoms. The fourth-order valence-electron chi connectivity index (χ4n) is 4.20. The highest BCUT2D eigenvalue weighted by Gasteiger charge is 2.18. The lowest BCUT2D eigenvalue weighted by Crippen LogP contribution is -2.24. The minimum absolute atomic E-state index is 0.0859. The number of amides is 1. The fraction of sp³-hybridized carbons (Fsp3) is 0.179. The van der Waals surface area contributed by atoms with E-state index in [1.165, 1.54) is 33.7 Å². The van der Waals surface area contributed by atoms with Crippen molar-refractivity contribution >= 4 is 28.4 Å². The summed E-state index contributed by atoms with van der Waals surface area (Å²) < 4.78 is 7.37. The van der Waals surface area contributed by atoms with E-state index in [1.807, 2.05) is 6.07 Å². The molecule has 5 aromatic rings. The van der Waals surface area contributed by atoms with E-state index in [9.17, 15) is 4.79 Å². The summed E-state index contributed by atoms with van der Waals surface area (Å²) in [7, 11) is 0. The highest BCUT2D eigenvalue weighted by Crippen LogP contribution is 2.28. The summed E-state index contributed by atoms with van der Waals surface area (Å²) in [6, 6.07) is 24.7. The van der Waals surface area contributed by atoms with E-state index in [0.717, 1.165) is 22.8 Å². The maximum absolute atomic E-state index is 12.5. The average molecular weight is 483 g/mol. The number of thioether (sulfide) groups is 1. The third-order valence-electron chi connectivity index (χ3n) is 5.89. The van der Waals surface area contributed by atoms with Crippen molar-refractivity contribution in [2.45, 2.75) is 32.0 Å². The van der Waals surface area contributed by atoms with Crippen LogP contribution in [0.25, 0.3) is 16.5 Å². The molecule has 6 nitrogen and oxygen atoms in total. The summed E-state index contributed by atoms with van der Waals surface area (Å²) in [5.74, 6) is 1.71. The molecule has 176 valence electrons. The summed E-state index contributed by atoms with van der Waals surface area (Å²) in [5, 5.41) is 15.0. The van der Waals surface area contributed by atoms with E-state index in [-0.39, 0.29) is 11.7 Å². The monoisotopic (exact) mass is 482 g/mol. The van der Waals surface area contributed by atoms with E-state index < -0.39 is 0 Å². The average Bonchev–Trinajstić information content (AvgIpc) is 3.52. The van der Waals surface area contributed by atoms with Gasteiger partial charge >= 0.3 is 0 Å². The quantitative estimate of drug-likeness (QED) is 0.290. The number of fused-ring (bicyclic) bond motifs is 1. The molecule has 0 unspecified atom stereocenters. The summed E-state index contributed by atoms with van der Waals surface area (Å²) in [6.45, 7) is 4.54. The Morgan fingerprint density at radius 1 is 1.00 bits per heavy atom. The molecular weight excluding hydrogens is 456 g/mol. The van der Waals surface area contributed by atoms with Gasteiger partial charge in [0.25, 0.3) is 0 Å². The highest BCUT2D eigenvalue weighted by atomic mass is 32.2. The molecule has 0 spiro atoms. The van der Waals surface area contributed by atoms with Crippen LogP contribution in [0.3, 0.4) is 0 Å². The molecule has 1 N–H and O–H groups in total. The molecule has 7 heteroatoms. The van der Waals surface area contributed by atoms with Crippen molar-refractivity contribution in [3.8, 4) is 5.69 Å². The van der Waals surface area contributed by atoms with Crippen LogP contribution in [0.2, 0.25) is 0 Å². The van der Waals surface area contributed by atoms with Crippen molar-refractivity contribution in [1.82, 2.24) is 20.1 Å². The third-order valence-corrected chi connectivity index (χ3v) is 6.82. The molecule has 0 atom stereocenters. The van der Waals surface area contributed by atoms with Gasteiger partial charge in [0, 0.05) is 6.42 Å². The first kappa shape index (κ1) is 22.9. The SMILES string of the molecule is Cc1ccc(-n2c(Cc3cccc4ccccc34)nnc2SCC(=O)NCc2ccco2)c(C)c1. The molecule has 2 aromatic heterocycles. The fourth-order valence-corrected chi connectivity index (χ4v) is 5.00. The standard InChI is InChI=1S/C28H26N4O2S/c1-19-12-13-25(20(2)15-19)32-26(16-22-9-5-8-21-7-3-4-11-24(21)22)30-31-28(32)35-18-27(33)29-17-23-10-6-14-34-23/h3-15H,16-18H2,1-2H3,(H,29,33). The first-order valence-electron chi connectivity index (χ1n) is 11.5. The van der Waals surface area contributed by atoms with Gasteiger partial charge in [-0.3, -0.25) is 9.36 Å². The second-order valence-electron chi connectivity index (χ2n) is 8.48. The van der Waals surface area contributed by atoms with Gasteiger partial charge in [-0.25, -0.2) is 0 Å². The van der Waals surface area contributed by atoms with E-state index in [2.05, 4.69) is 94.6 Å². The van der Waals surface area contributed by atoms with Crippen molar-refractivity contribution in [2.75, 3.05) is 5.75 Å². The Hall–Kier alpha value is -3.84. The van der Waals surface area contributed by atoms with Crippen LogP contribution in [-0.4, -0.2) is 26.4 Å². The van der Waals surface area contributed by atoms with Crippen molar-refractivity contribution < 1.29 is 9.21 Å². The molecule has 5 rings (SSSR count). The molecule has 0 bridgehead atoms. The number of aromatic nitrogens is 3. The molecule has 0 saturated heterocycles. The number of hydrogen-bond acceptors (Lipinski definition) is 5. The lowest BCUT2D eigenvalue weighted by molar-refractivity contribution is -0.118. The zero-order valence-electron chi connectivity index (χ0n) is 19.7. The van der Waals surface area contributed by atoms with Crippen molar-refractivity contribution in [3.05, 3.63) is 107 Å². The molecule has 1 amide bonds. The van der Waals surface area contributed by atoms with Gasteiger partial charge in [0.15, 0.2) is 5.16 Å². The molecule has 0 aliphatic rings. The Balaban J connectivity index is 1.44. The van der Waals surface area contributed by atoms with Gasteiger partial charge < -0.3 is 9.73 Å². The first-order chi connectivity index (χ1) is 17.1. The van der Waals surface area contributed by atoms with Gasteiger partial charge in [-0.2, -0.15) is 0 Å². The number of carbonyl (C=O) groups is 1.